The maximum Gasteiger partial charge on any atom is 0.217 e. The van der Waals surface area contributed by atoms with Gasteiger partial charge in [-0.15, -0.1) is 0 Å². The summed E-state index contributed by atoms with van der Waals surface area (Å²) in [6.45, 7) is 0. The van der Waals surface area contributed by atoms with Crippen LogP contribution in [-0.4, -0.2) is 4.98 Å². The molecule has 3 rings (SSSR count). The van der Waals surface area contributed by atoms with Gasteiger partial charge in [0.25, 0.3) is 0 Å². The van der Waals surface area contributed by atoms with Crippen LogP contribution in [0.25, 0.3) is 10.9 Å². The summed E-state index contributed by atoms with van der Waals surface area (Å²) in [5.74, 6) is 0.243. The molecular formula is C15H8Cl2FNO. The topological polar surface area (TPSA) is 22.1 Å². The maximum absolute atomic E-state index is 13.6. The molecule has 3 aromatic rings. The summed E-state index contributed by atoms with van der Waals surface area (Å²) in [4.78, 5) is 3.78. The van der Waals surface area contributed by atoms with Gasteiger partial charge in [-0.3, -0.25) is 0 Å². The zero-order valence-electron chi connectivity index (χ0n) is 10.1. The van der Waals surface area contributed by atoms with Crippen LogP contribution in [0.3, 0.4) is 0 Å². The third-order valence-corrected chi connectivity index (χ3v) is 3.25. The van der Waals surface area contributed by atoms with E-state index in [1.807, 2.05) is 18.2 Å². The molecule has 0 fully saturated rings. The molecule has 1 heterocycles. The normalized spacial score (nSPS) is 10.8. The Balaban J connectivity index is 2.19. The Labute approximate surface area is 124 Å². The van der Waals surface area contributed by atoms with Crippen LogP contribution in [0, 0.1) is 5.95 Å². The van der Waals surface area contributed by atoms with Crippen molar-refractivity contribution < 1.29 is 9.13 Å². The predicted octanol–water partition coefficient (Wildman–Crippen LogP) is 5.47. The molecule has 1 aromatic heterocycles. The largest absolute Gasteiger partial charge is 0.456 e. The van der Waals surface area contributed by atoms with Crippen molar-refractivity contribution >= 4 is 34.1 Å². The lowest BCUT2D eigenvalue weighted by Gasteiger charge is -2.10. The highest BCUT2D eigenvalue weighted by molar-refractivity contribution is 6.39. The summed E-state index contributed by atoms with van der Waals surface area (Å²) in [6.07, 6.45) is 0. The molecule has 20 heavy (non-hydrogen) atoms. The molecule has 0 spiro atoms. The number of rotatable bonds is 2. The first kappa shape index (κ1) is 13.2. The van der Waals surface area contributed by atoms with Crippen molar-refractivity contribution in [2.24, 2.45) is 0 Å². The van der Waals surface area contributed by atoms with E-state index >= 15 is 0 Å². The molecule has 5 heteroatoms. The van der Waals surface area contributed by atoms with Crippen molar-refractivity contribution in [3.05, 3.63) is 64.5 Å². The minimum absolute atomic E-state index is 0.306. The molecule has 0 saturated carbocycles. The molecule has 0 aliphatic rings. The molecule has 0 radical (unpaired) electrons. The smallest absolute Gasteiger partial charge is 0.217 e. The number of fused-ring (bicyclic) bond motifs is 1. The molecule has 0 bridgehead atoms. The summed E-state index contributed by atoms with van der Waals surface area (Å²) < 4.78 is 19.3. The molecule has 2 nitrogen and oxygen atoms in total. The highest BCUT2D eigenvalue weighted by atomic mass is 35.5. The number of hydrogen-bond acceptors (Lipinski definition) is 2. The monoisotopic (exact) mass is 307 g/mol. The Hall–Kier alpha value is -1.84. The van der Waals surface area contributed by atoms with Crippen LogP contribution in [-0.2, 0) is 0 Å². The van der Waals surface area contributed by atoms with Gasteiger partial charge in [0.1, 0.15) is 11.5 Å². The van der Waals surface area contributed by atoms with E-state index in [-0.39, 0.29) is 0 Å². The van der Waals surface area contributed by atoms with Gasteiger partial charge in [-0.05, 0) is 24.3 Å². The van der Waals surface area contributed by atoms with Gasteiger partial charge in [-0.1, -0.05) is 41.4 Å². The SMILES string of the molecule is Fc1cc(Oc2ccccc2)c2c(Cl)cc(Cl)cc2n1. The van der Waals surface area contributed by atoms with Crippen LogP contribution < -0.4 is 4.74 Å². The highest BCUT2D eigenvalue weighted by Crippen LogP contribution is 2.36. The summed E-state index contributed by atoms with van der Waals surface area (Å²) in [5.41, 5.74) is 0.355. The molecule has 0 atom stereocenters. The standard InChI is InChI=1S/C15H8Cl2FNO/c16-9-6-11(17)15-12(7-9)19-14(18)8-13(15)20-10-4-2-1-3-5-10/h1-8H. The van der Waals surface area contributed by atoms with Gasteiger partial charge in [-0.25, -0.2) is 4.98 Å². The predicted molar refractivity (Wildman–Crippen MR) is 78.2 cm³/mol. The molecule has 0 aliphatic heterocycles. The van der Waals surface area contributed by atoms with Crippen LogP contribution in [0.2, 0.25) is 10.0 Å². The number of aromatic nitrogens is 1. The Bertz CT molecular complexity index is 772. The van der Waals surface area contributed by atoms with Crippen molar-refractivity contribution in [1.82, 2.24) is 4.98 Å². The van der Waals surface area contributed by atoms with E-state index in [4.69, 9.17) is 27.9 Å². The Morgan fingerprint density at radius 3 is 2.50 bits per heavy atom. The first-order valence-electron chi connectivity index (χ1n) is 5.82. The molecule has 0 saturated heterocycles. The van der Waals surface area contributed by atoms with E-state index in [0.717, 1.165) is 0 Å². The quantitative estimate of drug-likeness (QED) is 0.585. The zero-order valence-corrected chi connectivity index (χ0v) is 11.6. The molecule has 2 aromatic carbocycles. The number of para-hydroxylation sites is 1. The first-order valence-corrected chi connectivity index (χ1v) is 6.57. The van der Waals surface area contributed by atoms with Crippen LogP contribution in [0.4, 0.5) is 4.39 Å². The minimum atomic E-state index is -0.651. The van der Waals surface area contributed by atoms with E-state index in [9.17, 15) is 4.39 Å². The number of halogens is 3. The van der Waals surface area contributed by atoms with Gasteiger partial charge in [0, 0.05) is 11.1 Å². The summed E-state index contributed by atoms with van der Waals surface area (Å²) in [6, 6.07) is 13.4. The zero-order chi connectivity index (χ0) is 14.1. The molecule has 0 aliphatic carbocycles. The molecule has 0 unspecified atom stereocenters. The number of ether oxygens (including phenoxy) is 1. The van der Waals surface area contributed by atoms with Crippen LogP contribution >= 0.6 is 23.2 Å². The van der Waals surface area contributed by atoms with Gasteiger partial charge in [-0.2, -0.15) is 4.39 Å². The van der Waals surface area contributed by atoms with Gasteiger partial charge < -0.3 is 4.74 Å². The Morgan fingerprint density at radius 1 is 1.00 bits per heavy atom. The van der Waals surface area contributed by atoms with E-state index in [1.54, 1.807) is 24.3 Å². The molecule has 0 N–H and O–H groups in total. The van der Waals surface area contributed by atoms with Crippen molar-refractivity contribution in [3.8, 4) is 11.5 Å². The number of hydrogen-bond donors (Lipinski definition) is 0. The first-order chi connectivity index (χ1) is 9.63. The van der Waals surface area contributed by atoms with E-state index in [2.05, 4.69) is 4.98 Å². The number of pyridine rings is 1. The van der Waals surface area contributed by atoms with Crippen molar-refractivity contribution in [3.63, 3.8) is 0 Å². The Kier molecular flexibility index (Phi) is 3.47. The summed E-state index contributed by atoms with van der Waals surface area (Å²) in [7, 11) is 0. The molecule has 100 valence electrons. The van der Waals surface area contributed by atoms with Gasteiger partial charge in [0.05, 0.1) is 15.9 Å². The second-order valence-electron chi connectivity index (χ2n) is 4.14. The van der Waals surface area contributed by atoms with Crippen molar-refractivity contribution in [2.45, 2.75) is 0 Å². The van der Waals surface area contributed by atoms with E-state index in [1.165, 1.54) is 6.07 Å². The lowest BCUT2D eigenvalue weighted by atomic mass is 10.2. The average Bonchev–Trinajstić information content (AvgIpc) is 2.38. The van der Waals surface area contributed by atoms with Gasteiger partial charge in [0.15, 0.2) is 0 Å². The maximum atomic E-state index is 13.6. The number of nitrogens with zero attached hydrogens (tertiary/aromatic N) is 1. The second-order valence-corrected chi connectivity index (χ2v) is 4.98. The second kappa shape index (κ2) is 5.27. The van der Waals surface area contributed by atoms with Gasteiger partial charge >= 0.3 is 0 Å². The molecule has 0 amide bonds. The number of benzene rings is 2. The Morgan fingerprint density at radius 2 is 1.75 bits per heavy atom. The van der Waals surface area contributed by atoms with Gasteiger partial charge in [0.2, 0.25) is 5.95 Å². The van der Waals surface area contributed by atoms with E-state index in [0.29, 0.717) is 32.4 Å². The fourth-order valence-corrected chi connectivity index (χ4v) is 2.49. The fourth-order valence-electron chi connectivity index (χ4n) is 1.92. The third-order valence-electron chi connectivity index (χ3n) is 2.73. The summed E-state index contributed by atoms with van der Waals surface area (Å²) in [5, 5.41) is 1.29. The lowest BCUT2D eigenvalue weighted by molar-refractivity contribution is 0.479. The third kappa shape index (κ3) is 2.55. The minimum Gasteiger partial charge on any atom is -0.456 e. The van der Waals surface area contributed by atoms with Crippen LogP contribution in [0.15, 0.2) is 48.5 Å². The van der Waals surface area contributed by atoms with E-state index < -0.39 is 5.95 Å². The van der Waals surface area contributed by atoms with Crippen molar-refractivity contribution in [1.29, 1.82) is 0 Å². The van der Waals surface area contributed by atoms with Crippen LogP contribution in [0.5, 0.6) is 11.5 Å². The average molecular weight is 308 g/mol. The fraction of sp³-hybridized carbons (Fsp3) is 0. The highest BCUT2D eigenvalue weighted by Gasteiger charge is 2.12. The molecular weight excluding hydrogens is 300 g/mol. The lowest BCUT2D eigenvalue weighted by Crippen LogP contribution is -1.92. The van der Waals surface area contributed by atoms with Crippen molar-refractivity contribution in [2.75, 3.05) is 0 Å². The van der Waals surface area contributed by atoms with Crippen LogP contribution in [0.1, 0.15) is 0 Å². The summed E-state index contributed by atoms with van der Waals surface area (Å²) >= 11 is 12.1.